The van der Waals surface area contributed by atoms with E-state index in [1.165, 1.54) is 0 Å². The number of carbonyl (C=O) groups is 1. The van der Waals surface area contributed by atoms with Crippen LogP contribution in [0.3, 0.4) is 0 Å². The molecule has 5 nitrogen and oxygen atoms in total. The Bertz CT molecular complexity index is 464. The minimum atomic E-state index is -0.0371. The maximum absolute atomic E-state index is 11.8. The maximum atomic E-state index is 11.8. The molecule has 1 aromatic rings. The predicted octanol–water partition coefficient (Wildman–Crippen LogP) is 1.08. The molecule has 1 aliphatic heterocycles. The van der Waals surface area contributed by atoms with Gasteiger partial charge in [0.15, 0.2) is 5.82 Å². The summed E-state index contributed by atoms with van der Waals surface area (Å²) in [4.78, 5) is 17.5. The van der Waals surface area contributed by atoms with E-state index >= 15 is 0 Å². The average Bonchev–Trinajstić information content (AvgIpc) is 2.68. The van der Waals surface area contributed by atoms with E-state index < -0.39 is 0 Å². The predicted molar refractivity (Wildman–Crippen MR) is 68.6 cm³/mol. The second-order valence-electron chi connectivity index (χ2n) is 4.23. The summed E-state index contributed by atoms with van der Waals surface area (Å²) in [6.07, 6.45) is 1.99. The summed E-state index contributed by atoms with van der Waals surface area (Å²) in [6, 6.07) is 0. The largest absolute Gasteiger partial charge is 0.396 e. The summed E-state index contributed by atoms with van der Waals surface area (Å²) in [7, 11) is 0. The van der Waals surface area contributed by atoms with Crippen LogP contribution in [0.1, 0.15) is 12.0 Å². The molecule has 2 heterocycles. The van der Waals surface area contributed by atoms with E-state index in [4.69, 9.17) is 10.8 Å². The lowest BCUT2D eigenvalue weighted by Gasteiger charge is -2.18. The van der Waals surface area contributed by atoms with Crippen molar-refractivity contribution in [2.45, 2.75) is 13.3 Å². The number of anilines is 2. The highest BCUT2D eigenvalue weighted by Gasteiger charge is 2.32. The Kier molecular flexibility index (Phi) is 3.35. The van der Waals surface area contributed by atoms with E-state index in [2.05, 4.69) is 20.9 Å². The van der Waals surface area contributed by atoms with Gasteiger partial charge < -0.3 is 10.8 Å². The van der Waals surface area contributed by atoms with Crippen LogP contribution in [0.25, 0.3) is 0 Å². The third kappa shape index (κ3) is 2.14. The molecule has 2 rings (SSSR count). The zero-order chi connectivity index (χ0) is 12.6. The molecular weight excluding hydrogens is 286 g/mol. The Hall–Kier alpha value is -1.14. The summed E-state index contributed by atoms with van der Waals surface area (Å²) in [6.45, 7) is 2.36. The Labute approximate surface area is 108 Å². The number of amides is 1. The maximum Gasteiger partial charge on any atom is 0.228 e. The van der Waals surface area contributed by atoms with Crippen molar-refractivity contribution in [2.75, 3.05) is 23.8 Å². The fraction of sp³-hybridized carbons (Fsp3) is 0.455. The second kappa shape index (κ2) is 4.62. The van der Waals surface area contributed by atoms with Gasteiger partial charge in [-0.1, -0.05) is 0 Å². The lowest BCUT2D eigenvalue weighted by Crippen LogP contribution is -2.27. The number of pyridine rings is 1. The number of aliphatic hydroxyl groups is 1. The molecule has 17 heavy (non-hydrogen) atoms. The van der Waals surface area contributed by atoms with Crippen LogP contribution in [-0.4, -0.2) is 29.1 Å². The summed E-state index contributed by atoms with van der Waals surface area (Å²) < 4.78 is 0.823. The van der Waals surface area contributed by atoms with Crippen LogP contribution in [-0.2, 0) is 4.79 Å². The number of rotatable bonds is 2. The van der Waals surface area contributed by atoms with Gasteiger partial charge in [0.05, 0.1) is 5.69 Å². The van der Waals surface area contributed by atoms with E-state index in [0.717, 1.165) is 10.0 Å². The van der Waals surface area contributed by atoms with E-state index in [1.807, 2.05) is 6.92 Å². The molecule has 0 radical (unpaired) electrons. The van der Waals surface area contributed by atoms with E-state index in [9.17, 15) is 4.79 Å². The van der Waals surface area contributed by atoms with Gasteiger partial charge in [-0.05, 0) is 28.4 Å². The molecule has 0 aliphatic carbocycles. The molecule has 1 saturated heterocycles. The van der Waals surface area contributed by atoms with Gasteiger partial charge in [0.1, 0.15) is 0 Å². The summed E-state index contributed by atoms with van der Waals surface area (Å²) in [5, 5.41) is 9.08. The highest BCUT2D eigenvalue weighted by atomic mass is 79.9. The van der Waals surface area contributed by atoms with Crippen molar-refractivity contribution in [3.8, 4) is 0 Å². The van der Waals surface area contributed by atoms with Crippen LogP contribution in [0.15, 0.2) is 10.7 Å². The fourth-order valence-corrected chi connectivity index (χ4v) is 2.22. The number of halogens is 1. The van der Waals surface area contributed by atoms with E-state index in [-0.39, 0.29) is 18.4 Å². The number of aliphatic hydroxyl groups excluding tert-OH is 1. The van der Waals surface area contributed by atoms with Gasteiger partial charge in [-0.3, -0.25) is 9.69 Å². The molecule has 1 fully saturated rings. The third-order valence-corrected chi connectivity index (χ3v) is 3.82. The first-order chi connectivity index (χ1) is 8.04. The Morgan fingerprint density at radius 1 is 1.71 bits per heavy atom. The number of nitrogen functional groups attached to an aromatic ring is 1. The van der Waals surface area contributed by atoms with Gasteiger partial charge in [0.25, 0.3) is 0 Å². The van der Waals surface area contributed by atoms with Crippen molar-refractivity contribution in [3.63, 3.8) is 0 Å². The van der Waals surface area contributed by atoms with Gasteiger partial charge in [-0.25, -0.2) is 4.98 Å². The summed E-state index contributed by atoms with van der Waals surface area (Å²) in [5.41, 5.74) is 7.34. The standard InChI is InChI=1S/C11H14BrN3O2/c1-6-8(12)3-14-11(10(6)13)15-4-7(5-16)2-9(15)17/h3,7,16H,2,4-5,13H2,1H3. The zero-order valence-electron chi connectivity index (χ0n) is 9.48. The number of nitrogens with two attached hydrogens (primary N) is 1. The molecule has 1 unspecified atom stereocenters. The molecule has 0 aromatic carbocycles. The number of nitrogens with zero attached hydrogens (tertiary/aromatic N) is 2. The van der Waals surface area contributed by atoms with Crippen LogP contribution < -0.4 is 10.6 Å². The minimum Gasteiger partial charge on any atom is -0.396 e. The lowest BCUT2D eigenvalue weighted by atomic mass is 10.1. The molecule has 0 spiro atoms. The molecule has 1 aliphatic rings. The lowest BCUT2D eigenvalue weighted by molar-refractivity contribution is -0.117. The first kappa shape index (κ1) is 12.3. The number of hydrogen-bond donors (Lipinski definition) is 2. The molecule has 1 atom stereocenters. The van der Waals surface area contributed by atoms with Crippen molar-refractivity contribution in [1.29, 1.82) is 0 Å². The molecule has 0 saturated carbocycles. The van der Waals surface area contributed by atoms with Crippen LogP contribution in [0.4, 0.5) is 11.5 Å². The Morgan fingerprint density at radius 3 is 3.00 bits per heavy atom. The fourth-order valence-electron chi connectivity index (χ4n) is 1.90. The Morgan fingerprint density at radius 2 is 2.41 bits per heavy atom. The number of aromatic nitrogens is 1. The highest BCUT2D eigenvalue weighted by molar-refractivity contribution is 9.10. The summed E-state index contributed by atoms with van der Waals surface area (Å²) >= 11 is 3.34. The second-order valence-corrected chi connectivity index (χ2v) is 5.08. The van der Waals surface area contributed by atoms with Crippen LogP contribution in [0.2, 0.25) is 0 Å². The number of carbonyl (C=O) groups excluding carboxylic acids is 1. The number of hydrogen-bond acceptors (Lipinski definition) is 4. The van der Waals surface area contributed by atoms with Crippen molar-refractivity contribution < 1.29 is 9.90 Å². The normalized spacial score (nSPS) is 20.1. The molecule has 6 heteroatoms. The molecule has 0 bridgehead atoms. The van der Waals surface area contributed by atoms with Gasteiger partial charge in [0, 0.05) is 36.2 Å². The van der Waals surface area contributed by atoms with Crippen molar-refractivity contribution in [3.05, 3.63) is 16.2 Å². The topological polar surface area (TPSA) is 79.5 Å². The smallest absolute Gasteiger partial charge is 0.228 e. The molecule has 1 aromatic heterocycles. The minimum absolute atomic E-state index is 0.0116. The van der Waals surface area contributed by atoms with Gasteiger partial charge in [-0.2, -0.15) is 0 Å². The molecule has 92 valence electrons. The quantitative estimate of drug-likeness (QED) is 0.856. The van der Waals surface area contributed by atoms with Crippen molar-refractivity contribution in [2.24, 2.45) is 5.92 Å². The summed E-state index contributed by atoms with van der Waals surface area (Å²) in [5.74, 6) is 0.435. The van der Waals surface area contributed by atoms with Crippen LogP contribution in [0.5, 0.6) is 0 Å². The van der Waals surface area contributed by atoms with Crippen molar-refractivity contribution >= 4 is 33.3 Å². The van der Waals surface area contributed by atoms with Crippen molar-refractivity contribution in [1.82, 2.24) is 4.98 Å². The monoisotopic (exact) mass is 299 g/mol. The first-order valence-corrected chi connectivity index (χ1v) is 6.15. The van der Waals surface area contributed by atoms with Crippen LogP contribution in [0, 0.1) is 12.8 Å². The SMILES string of the molecule is Cc1c(Br)cnc(N2CC(CO)CC2=O)c1N. The van der Waals surface area contributed by atoms with E-state index in [0.29, 0.717) is 24.5 Å². The first-order valence-electron chi connectivity index (χ1n) is 5.36. The molecular formula is C11H14BrN3O2. The van der Waals surface area contributed by atoms with Gasteiger partial charge in [-0.15, -0.1) is 0 Å². The van der Waals surface area contributed by atoms with Gasteiger partial charge in [0.2, 0.25) is 5.91 Å². The third-order valence-electron chi connectivity index (χ3n) is 3.02. The molecule has 3 N–H and O–H groups in total. The highest BCUT2D eigenvalue weighted by Crippen LogP contribution is 2.32. The Balaban J connectivity index is 2.35. The molecule has 1 amide bonds. The van der Waals surface area contributed by atoms with E-state index in [1.54, 1.807) is 11.1 Å². The average molecular weight is 300 g/mol. The van der Waals surface area contributed by atoms with Gasteiger partial charge >= 0.3 is 0 Å². The van der Waals surface area contributed by atoms with Crippen LogP contribution >= 0.6 is 15.9 Å². The zero-order valence-corrected chi connectivity index (χ0v) is 11.1.